The molecular weight excluding hydrogens is 414 g/mol. The number of aliphatic hydroxyl groups is 1. The molecule has 1 atom stereocenters. The number of ether oxygens (including phenoxy) is 1. The minimum Gasteiger partial charge on any atom is -0.507 e. The minimum atomic E-state index is -0.661. The Morgan fingerprint density at radius 2 is 1.74 bits per heavy atom. The summed E-state index contributed by atoms with van der Waals surface area (Å²) in [6.07, 6.45) is 4.88. The molecule has 1 saturated heterocycles. The van der Waals surface area contributed by atoms with Crippen LogP contribution in [0.3, 0.4) is 0 Å². The van der Waals surface area contributed by atoms with Gasteiger partial charge in [-0.1, -0.05) is 54.6 Å². The summed E-state index contributed by atoms with van der Waals surface area (Å²) >= 11 is 6.09. The summed E-state index contributed by atoms with van der Waals surface area (Å²) in [6, 6.07) is 11.8. The Balaban J connectivity index is 1.91. The molecule has 1 N–H and O–H groups in total. The zero-order valence-electron chi connectivity index (χ0n) is 17.7. The molecule has 0 radical (unpaired) electrons. The molecular formula is C25H26ClNO4. The molecule has 31 heavy (non-hydrogen) atoms. The predicted octanol–water partition coefficient (Wildman–Crippen LogP) is 5.41. The van der Waals surface area contributed by atoms with Crippen molar-refractivity contribution >= 4 is 29.1 Å². The van der Waals surface area contributed by atoms with Crippen LogP contribution in [0.15, 0.2) is 48.0 Å². The number of Topliss-reactive ketones (excluding diaryl/α,β-unsaturated/α-hetero) is 1. The van der Waals surface area contributed by atoms with Crippen LogP contribution in [0.4, 0.5) is 0 Å². The smallest absolute Gasteiger partial charge is 0.295 e. The lowest BCUT2D eigenvalue weighted by Gasteiger charge is -2.35. The van der Waals surface area contributed by atoms with E-state index in [0.29, 0.717) is 16.3 Å². The first-order valence-electron chi connectivity index (χ1n) is 10.6. The summed E-state index contributed by atoms with van der Waals surface area (Å²) < 4.78 is 5.42. The third-order valence-electron chi connectivity index (χ3n) is 6.24. The maximum absolute atomic E-state index is 13.2. The molecule has 2 aromatic carbocycles. The largest absolute Gasteiger partial charge is 0.507 e. The van der Waals surface area contributed by atoms with E-state index in [1.165, 1.54) is 7.11 Å². The number of methoxy groups -OCH3 is 1. The number of rotatable bonds is 4. The van der Waals surface area contributed by atoms with Crippen molar-refractivity contribution in [1.29, 1.82) is 0 Å². The van der Waals surface area contributed by atoms with Gasteiger partial charge < -0.3 is 14.7 Å². The van der Waals surface area contributed by atoms with Crippen molar-refractivity contribution in [3.8, 4) is 5.75 Å². The molecule has 1 unspecified atom stereocenters. The average Bonchev–Trinajstić information content (AvgIpc) is 3.05. The molecule has 1 amide bonds. The Kier molecular flexibility index (Phi) is 6.05. The topological polar surface area (TPSA) is 66.8 Å². The van der Waals surface area contributed by atoms with E-state index in [0.717, 1.165) is 43.2 Å². The Morgan fingerprint density at radius 1 is 1.06 bits per heavy atom. The van der Waals surface area contributed by atoms with Crippen LogP contribution in [-0.4, -0.2) is 34.8 Å². The van der Waals surface area contributed by atoms with Gasteiger partial charge in [0.25, 0.3) is 11.7 Å². The molecule has 2 aromatic rings. The number of benzene rings is 2. The van der Waals surface area contributed by atoms with E-state index in [9.17, 15) is 14.7 Å². The standard InChI is InChI=1S/C25H26ClNO4/c1-15-8-13-20(31-2)19(14-15)23(28)21-22(16-9-11-17(26)12-10-16)27(25(30)24(21)29)18-6-4-3-5-7-18/h8-14,18,22,28H,3-7H2,1-2H3/b23-21+. The highest BCUT2D eigenvalue weighted by molar-refractivity contribution is 6.46. The first-order valence-corrected chi connectivity index (χ1v) is 11.0. The van der Waals surface area contributed by atoms with Gasteiger partial charge in [-0.2, -0.15) is 0 Å². The lowest BCUT2D eigenvalue weighted by Crippen LogP contribution is -2.40. The molecule has 162 valence electrons. The van der Waals surface area contributed by atoms with Crippen LogP contribution in [0.2, 0.25) is 5.02 Å². The zero-order valence-corrected chi connectivity index (χ0v) is 18.5. The van der Waals surface area contributed by atoms with E-state index in [1.807, 2.05) is 25.1 Å². The predicted molar refractivity (Wildman–Crippen MR) is 120 cm³/mol. The van der Waals surface area contributed by atoms with E-state index < -0.39 is 17.7 Å². The highest BCUT2D eigenvalue weighted by Gasteiger charge is 2.49. The molecule has 1 heterocycles. The summed E-state index contributed by atoms with van der Waals surface area (Å²) in [7, 11) is 1.51. The number of aliphatic hydroxyl groups excluding tert-OH is 1. The van der Waals surface area contributed by atoms with Gasteiger partial charge in [0.15, 0.2) is 0 Å². The maximum atomic E-state index is 13.2. The second kappa shape index (κ2) is 8.75. The number of hydrogen-bond acceptors (Lipinski definition) is 4. The fourth-order valence-corrected chi connectivity index (χ4v) is 4.84. The van der Waals surface area contributed by atoms with Gasteiger partial charge in [-0.3, -0.25) is 9.59 Å². The highest BCUT2D eigenvalue weighted by atomic mass is 35.5. The highest BCUT2D eigenvalue weighted by Crippen LogP contribution is 2.44. The summed E-state index contributed by atoms with van der Waals surface area (Å²) in [4.78, 5) is 28.1. The number of aryl methyl sites for hydroxylation is 1. The molecule has 4 rings (SSSR count). The van der Waals surface area contributed by atoms with Crippen molar-refractivity contribution in [2.45, 2.75) is 51.1 Å². The number of halogens is 1. The molecule has 2 fully saturated rings. The van der Waals surface area contributed by atoms with Crippen LogP contribution in [0.5, 0.6) is 5.75 Å². The molecule has 0 spiro atoms. The third-order valence-corrected chi connectivity index (χ3v) is 6.50. The fourth-order valence-electron chi connectivity index (χ4n) is 4.71. The monoisotopic (exact) mass is 439 g/mol. The summed E-state index contributed by atoms with van der Waals surface area (Å²) in [5, 5.41) is 11.9. The molecule has 1 aliphatic carbocycles. The fraction of sp³-hybridized carbons (Fsp3) is 0.360. The molecule has 0 bridgehead atoms. The minimum absolute atomic E-state index is 0.0319. The normalized spacial score (nSPS) is 21.5. The zero-order chi connectivity index (χ0) is 22.1. The number of ketones is 1. The van der Waals surface area contributed by atoms with E-state index in [4.69, 9.17) is 16.3 Å². The van der Waals surface area contributed by atoms with E-state index >= 15 is 0 Å². The third kappa shape index (κ3) is 3.94. The van der Waals surface area contributed by atoms with Crippen LogP contribution in [0.1, 0.15) is 54.8 Å². The average molecular weight is 440 g/mol. The van der Waals surface area contributed by atoms with Gasteiger partial charge >= 0.3 is 0 Å². The first kappa shape index (κ1) is 21.4. The summed E-state index contributed by atoms with van der Waals surface area (Å²) in [6.45, 7) is 1.90. The molecule has 6 heteroatoms. The maximum Gasteiger partial charge on any atom is 0.295 e. The van der Waals surface area contributed by atoms with E-state index in [2.05, 4.69) is 0 Å². The SMILES string of the molecule is COc1ccc(C)cc1/C(O)=C1\C(=O)C(=O)N(C2CCCCC2)C1c1ccc(Cl)cc1. The van der Waals surface area contributed by atoms with Crippen molar-refractivity contribution in [2.75, 3.05) is 7.11 Å². The van der Waals surface area contributed by atoms with Crippen LogP contribution in [0.25, 0.3) is 5.76 Å². The Morgan fingerprint density at radius 3 is 2.39 bits per heavy atom. The summed E-state index contributed by atoms with van der Waals surface area (Å²) in [5.41, 5.74) is 2.17. The number of nitrogens with zero attached hydrogens (tertiary/aromatic N) is 1. The van der Waals surface area contributed by atoms with Gasteiger partial charge in [-0.15, -0.1) is 0 Å². The molecule has 2 aliphatic rings. The van der Waals surface area contributed by atoms with Gasteiger partial charge in [0.1, 0.15) is 11.5 Å². The van der Waals surface area contributed by atoms with Gasteiger partial charge in [0.05, 0.1) is 24.3 Å². The molecule has 0 aromatic heterocycles. The quantitative estimate of drug-likeness (QED) is 0.393. The van der Waals surface area contributed by atoms with Crippen molar-refractivity contribution in [3.05, 3.63) is 69.8 Å². The van der Waals surface area contributed by atoms with E-state index in [-0.39, 0.29) is 17.4 Å². The lowest BCUT2D eigenvalue weighted by molar-refractivity contribution is -0.141. The number of carbonyl (C=O) groups is 2. The second-order valence-corrected chi connectivity index (χ2v) is 8.69. The molecule has 5 nitrogen and oxygen atoms in total. The van der Waals surface area contributed by atoms with Gasteiger partial charge in [0.2, 0.25) is 0 Å². The van der Waals surface area contributed by atoms with Crippen molar-refractivity contribution < 1.29 is 19.4 Å². The molecule has 1 saturated carbocycles. The van der Waals surface area contributed by atoms with Gasteiger partial charge in [-0.25, -0.2) is 0 Å². The number of amides is 1. The first-order chi connectivity index (χ1) is 14.9. The second-order valence-electron chi connectivity index (χ2n) is 8.25. The van der Waals surface area contributed by atoms with Crippen molar-refractivity contribution in [3.63, 3.8) is 0 Å². The van der Waals surface area contributed by atoms with Crippen molar-refractivity contribution in [1.82, 2.24) is 4.90 Å². The Labute approximate surface area is 187 Å². The lowest BCUT2D eigenvalue weighted by atomic mass is 9.90. The number of carbonyl (C=O) groups excluding carboxylic acids is 2. The number of hydrogen-bond donors (Lipinski definition) is 1. The van der Waals surface area contributed by atoms with Crippen LogP contribution < -0.4 is 4.74 Å². The van der Waals surface area contributed by atoms with Gasteiger partial charge in [-0.05, 0) is 49.6 Å². The van der Waals surface area contributed by atoms with Crippen molar-refractivity contribution in [2.24, 2.45) is 0 Å². The van der Waals surface area contributed by atoms with E-state index in [1.54, 1.807) is 29.2 Å². The van der Waals surface area contributed by atoms with Crippen LogP contribution >= 0.6 is 11.6 Å². The Hall–Kier alpha value is -2.79. The summed E-state index contributed by atoms with van der Waals surface area (Å²) in [5.74, 6) is -0.981. The van der Waals surface area contributed by atoms with Crippen LogP contribution in [-0.2, 0) is 9.59 Å². The van der Waals surface area contributed by atoms with Gasteiger partial charge in [0, 0.05) is 11.1 Å². The Bertz CT molecular complexity index is 1040. The van der Waals surface area contributed by atoms with Crippen LogP contribution in [0, 0.1) is 6.92 Å². The molecule has 1 aliphatic heterocycles. The number of likely N-dealkylation sites (tertiary alicyclic amines) is 1.